The Bertz CT molecular complexity index is 309. The van der Waals surface area contributed by atoms with E-state index in [1.807, 2.05) is 11.8 Å². The van der Waals surface area contributed by atoms with Crippen LogP contribution in [-0.2, 0) is 5.75 Å². The number of rotatable bonds is 5. The molecule has 0 nitrogen and oxygen atoms in total. The zero-order valence-electron chi connectivity index (χ0n) is 9.72. The summed E-state index contributed by atoms with van der Waals surface area (Å²) in [4.78, 5) is 0. The first-order chi connectivity index (χ1) is 7.13. The van der Waals surface area contributed by atoms with E-state index in [2.05, 4.69) is 39.0 Å². The van der Waals surface area contributed by atoms with Crippen molar-refractivity contribution in [1.82, 2.24) is 0 Å². The molecule has 1 unspecified atom stereocenters. The quantitative estimate of drug-likeness (QED) is 0.690. The summed E-state index contributed by atoms with van der Waals surface area (Å²) in [5, 5.41) is 0. The molecule has 2 heteroatoms. The first-order valence-corrected chi connectivity index (χ1v) is 7.02. The van der Waals surface area contributed by atoms with E-state index in [1.54, 1.807) is 0 Å². The van der Waals surface area contributed by atoms with Crippen LogP contribution in [-0.4, -0.2) is 11.6 Å². The van der Waals surface area contributed by atoms with Crippen LogP contribution >= 0.6 is 23.4 Å². The second-order valence-electron chi connectivity index (χ2n) is 4.20. The summed E-state index contributed by atoms with van der Waals surface area (Å²) in [7, 11) is 0. The fraction of sp³-hybridized carbons (Fsp3) is 0.538. The minimum atomic E-state index is 0.613. The molecule has 0 saturated heterocycles. The Balaban J connectivity index is 2.46. The van der Waals surface area contributed by atoms with Gasteiger partial charge < -0.3 is 0 Å². The van der Waals surface area contributed by atoms with Crippen molar-refractivity contribution in [3.05, 3.63) is 34.9 Å². The fourth-order valence-electron chi connectivity index (χ4n) is 1.37. The number of alkyl halides is 1. The summed E-state index contributed by atoms with van der Waals surface area (Å²) in [5.41, 5.74) is 4.20. The van der Waals surface area contributed by atoms with E-state index >= 15 is 0 Å². The van der Waals surface area contributed by atoms with E-state index in [9.17, 15) is 0 Å². The van der Waals surface area contributed by atoms with Crippen LogP contribution in [0.4, 0.5) is 0 Å². The summed E-state index contributed by atoms with van der Waals surface area (Å²) in [6.07, 6.45) is 0. The van der Waals surface area contributed by atoms with Gasteiger partial charge in [-0.1, -0.05) is 30.7 Å². The molecule has 0 N–H and O–H groups in total. The highest BCUT2D eigenvalue weighted by Gasteiger charge is 2.02. The number of halogens is 1. The predicted molar refractivity (Wildman–Crippen MR) is 72.0 cm³/mol. The molecule has 0 radical (unpaired) electrons. The van der Waals surface area contributed by atoms with Gasteiger partial charge in [0.25, 0.3) is 0 Å². The van der Waals surface area contributed by atoms with Crippen molar-refractivity contribution in [2.75, 3.05) is 11.6 Å². The molecule has 0 amide bonds. The SMILES string of the molecule is Cc1ccc(C)c(CSCC(C)CCl)c1. The van der Waals surface area contributed by atoms with Gasteiger partial charge in [0, 0.05) is 11.6 Å². The standard InChI is InChI=1S/C13H19ClS/c1-10-4-5-12(3)13(6-10)9-15-8-11(2)7-14/h4-6,11H,7-9H2,1-3H3. The zero-order valence-corrected chi connectivity index (χ0v) is 11.3. The van der Waals surface area contributed by atoms with Gasteiger partial charge in [0.1, 0.15) is 0 Å². The van der Waals surface area contributed by atoms with Crippen LogP contribution in [0.25, 0.3) is 0 Å². The van der Waals surface area contributed by atoms with Gasteiger partial charge in [-0.3, -0.25) is 0 Å². The van der Waals surface area contributed by atoms with E-state index in [0.29, 0.717) is 5.92 Å². The van der Waals surface area contributed by atoms with Crippen LogP contribution in [0.2, 0.25) is 0 Å². The second kappa shape index (κ2) is 6.44. The third-order valence-electron chi connectivity index (χ3n) is 2.43. The Morgan fingerprint density at radius 3 is 2.73 bits per heavy atom. The molecule has 1 aromatic carbocycles. The minimum absolute atomic E-state index is 0.613. The number of benzene rings is 1. The molecule has 0 aliphatic heterocycles. The molecular weight excluding hydrogens is 224 g/mol. The van der Waals surface area contributed by atoms with Gasteiger partial charge in [-0.2, -0.15) is 11.8 Å². The molecule has 15 heavy (non-hydrogen) atoms. The topological polar surface area (TPSA) is 0 Å². The lowest BCUT2D eigenvalue weighted by Crippen LogP contribution is -2.00. The number of aryl methyl sites for hydroxylation is 2. The first kappa shape index (κ1) is 12.9. The molecule has 84 valence electrons. The maximum atomic E-state index is 5.78. The first-order valence-electron chi connectivity index (χ1n) is 5.33. The van der Waals surface area contributed by atoms with Gasteiger partial charge in [0.05, 0.1) is 0 Å². The Morgan fingerprint density at radius 2 is 2.07 bits per heavy atom. The van der Waals surface area contributed by atoms with Crippen molar-refractivity contribution >= 4 is 23.4 Å². The smallest absolute Gasteiger partial charge is 0.0257 e. The Labute approximate surface area is 102 Å². The lowest BCUT2D eigenvalue weighted by Gasteiger charge is -2.09. The maximum absolute atomic E-state index is 5.78. The van der Waals surface area contributed by atoms with Crippen LogP contribution in [0, 0.1) is 19.8 Å². The van der Waals surface area contributed by atoms with Crippen LogP contribution < -0.4 is 0 Å². The van der Waals surface area contributed by atoms with Crippen molar-refractivity contribution in [1.29, 1.82) is 0 Å². The summed E-state index contributed by atoms with van der Waals surface area (Å²) in [5.74, 6) is 3.63. The zero-order chi connectivity index (χ0) is 11.3. The largest absolute Gasteiger partial charge is 0.157 e. The molecule has 0 heterocycles. The van der Waals surface area contributed by atoms with Crippen molar-refractivity contribution in [3.8, 4) is 0 Å². The van der Waals surface area contributed by atoms with Crippen LogP contribution in [0.1, 0.15) is 23.6 Å². The van der Waals surface area contributed by atoms with E-state index < -0.39 is 0 Å². The average molecular weight is 243 g/mol. The summed E-state index contributed by atoms with van der Waals surface area (Å²) in [6, 6.07) is 6.66. The van der Waals surface area contributed by atoms with Crippen LogP contribution in [0.5, 0.6) is 0 Å². The highest BCUT2D eigenvalue weighted by Crippen LogP contribution is 2.19. The number of hydrogen-bond donors (Lipinski definition) is 0. The van der Waals surface area contributed by atoms with Crippen molar-refractivity contribution in [3.63, 3.8) is 0 Å². The minimum Gasteiger partial charge on any atom is -0.157 e. The Hall–Kier alpha value is -0.140. The summed E-state index contributed by atoms with van der Waals surface area (Å²) in [6.45, 7) is 6.53. The van der Waals surface area contributed by atoms with Gasteiger partial charge in [-0.05, 0) is 36.6 Å². The third-order valence-corrected chi connectivity index (χ3v) is 4.27. The van der Waals surface area contributed by atoms with Crippen molar-refractivity contribution in [2.24, 2.45) is 5.92 Å². The monoisotopic (exact) mass is 242 g/mol. The van der Waals surface area contributed by atoms with Gasteiger partial charge >= 0.3 is 0 Å². The summed E-state index contributed by atoms with van der Waals surface area (Å²) >= 11 is 7.75. The number of thioether (sulfide) groups is 1. The molecule has 0 aliphatic rings. The highest BCUT2D eigenvalue weighted by molar-refractivity contribution is 7.98. The van der Waals surface area contributed by atoms with E-state index in [4.69, 9.17) is 11.6 Å². The molecule has 0 spiro atoms. The molecule has 0 saturated carbocycles. The highest BCUT2D eigenvalue weighted by atomic mass is 35.5. The molecule has 1 aromatic rings. The second-order valence-corrected chi connectivity index (χ2v) is 5.54. The normalized spacial score (nSPS) is 12.8. The van der Waals surface area contributed by atoms with E-state index in [-0.39, 0.29) is 0 Å². The predicted octanol–water partition coefficient (Wildman–Crippen LogP) is 4.41. The molecule has 1 rings (SSSR count). The molecule has 0 aliphatic carbocycles. The van der Waals surface area contributed by atoms with E-state index in [1.165, 1.54) is 16.7 Å². The van der Waals surface area contributed by atoms with Crippen molar-refractivity contribution < 1.29 is 0 Å². The Morgan fingerprint density at radius 1 is 1.33 bits per heavy atom. The lowest BCUT2D eigenvalue weighted by atomic mass is 10.1. The van der Waals surface area contributed by atoms with Crippen LogP contribution in [0.15, 0.2) is 18.2 Å². The number of hydrogen-bond acceptors (Lipinski definition) is 1. The molecule has 0 aromatic heterocycles. The van der Waals surface area contributed by atoms with Gasteiger partial charge in [0.2, 0.25) is 0 Å². The van der Waals surface area contributed by atoms with Crippen LogP contribution in [0.3, 0.4) is 0 Å². The maximum Gasteiger partial charge on any atom is 0.0257 e. The van der Waals surface area contributed by atoms with Gasteiger partial charge in [-0.25, -0.2) is 0 Å². The van der Waals surface area contributed by atoms with E-state index in [0.717, 1.165) is 17.4 Å². The fourth-order valence-corrected chi connectivity index (χ4v) is 2.78. The van der Waals surface area contributed by atoms with Gasteiger partial charge in [-0.15, -0.1) is 11.6 Å². The lowest BCUT2D eigenvalue weighted by molar-refractivity contribution is 0.759. The molecule has 0 fully saturated rings. The molecule has 0 bridgehead atoms. The molecular formula is C13H19ClS. The summed E-state index contributed by atoms with van der Waals surface area (Å²) < 4.78 is 0. The van der Waals surface area contributed by atoms with Crippen molar-refractivity contribution in [2.45, 2.75) is 26.5 Å². The average Bonchev–Trinajstić information content (AvgIpc) is 2.23. The Kier molecular flexibility index (Phi) is 5.55. The van der Waals surface area contributed by atoms with Gasteiger partial charge in [0.15, 0.2) is 0 Å². The molecule has 1 atom stereocenters. The third kappa shape index (κ3) is 4.48.